The van der Waals surface area contributed by atoms with Crippen LogP contribution in [-0.4, -0.2) is 28.4 Å². The molecule has 0 spiro atoms. The Balaban J connectivity index is 2.46. The number of nitro benzene ring substituents is 1. The average Bonchev–Trinajstić information content (AvgIpc) is 2.41. The van der Waals surface area contributed by atoms with Crippen molar-refractivity contribution in [1.82, 2.24) is 9.97 Å². The zero-order valence-electron chi connectivity index (χ0n) is 10.1. The van der Waals surface area contributed by atoms with Gasteiger partial charge in [0.15, 0.2) is 5.69 Å². The normalized spacial score (nSPS) is 11.1. The van der Waals surface area contributed by atoms with Crippen molar-refractivity contribution in [1.29, 1.82) is 0 Å². The second kappa shape index (κ2) is 5.50. The van der Waals surface area contributed by atoms with Crippen LogP contribution in [0.15, 0.2) is 35.5 Å². The zero-order chi connectivity index (χ0) is 15.6. The predicted molar refractivity (Wildman–Crippen MR) is 72.6 cm³/mol. The molecule has 2 N–H and O–H groups in total. The molecule has 110 valence electrons. The highest BCUT2D eigenvalue weighted by atomic mass is 35.5. The van der Waals surface area contributed by atoms with E-state index in [9.17, 15) is 23.6 Å². The molecule has 9 nitrogen and oxygen atoms in total. The summed E-state index contributed by atoms with van der Waals surface area (Å²) >= 11 is 5.45. The van der Waals surface area contributed by atoms with Crippen LogP contribution >= 0.6 is 11.6 Å². The Bertz CT molecular complexity index is 794. The number of nitro groups is 1. The smallest absolute Gasteiger partial charge is 0.297 e. The molecule has 21 heavy (non-hydrogen) atoms. The monoisotopic (exact) mass is 330 g/mol. The van der Waals surface area contributed by atoms with E-state index >= 15 is 0 Å². The van der Waals surface area contributed by atoms with Gasteiger partial charge in [-0.2, -0.15) is 0 Å². The summed E-state index contributed by atoms with van der Waals surface area (Å²) in [5.74, 6) is -0.581. The lowest BCUT2D eigenvalue weighted by atomic mass is 10.2. The highest BCUT2D eigenvalue weighted by Gasteiger charge is 2.24. The van der Waals surface area contributed by atoms with Gasteiger partial charge in [0.1, 0.15) is 10.6 Å². The maximum absolute atomic E-state index is 12.1. The van der Waals surface area contributed by atoms with Crippen LogP contribution in [0.3, 0.4) is 0 Å². The predicted octanol–water partition coefficient (Wildman–Crippen LogP) is 1.54. The zero-order valence-corrected chi connectivity index (χ0v) is 11.7. The van der Waals surface area contributed by atoms with E-state index in [1.165, 1.54) is 6.07 Å². The molecule has 11 heteroatoms. The number of para-hydroxylation sites is 1. The molecule has 0 atom stereocenters. The lowest BCUT2D eigenvalue weighted by Gasteiger charge is -2.09. The first-order valence-electron chi connectivity index (χ1n) is 5.28. The second-order valence-corrected chi connectivity index (χ2v) is 5.74. The highest BCUT2D eigenvalue weighted by molar-refractivity contribution is 7.92. The van der Waals surface area contributed by atoms with Gasteiger partial charge in [0.05, 0.1) is 17.3 Å². The van der Waals surface area contributed by atoms with Gasteiger partial charge in [-0.25, -0.2) is 18.4 Å². The molecule has 1 aromatic carbocycles. The van der Waals surface area contributed by atoms with Crippen LogP contribution in [-0.2, 0) is 10.0 Å². The van der Waals surface area contributed by atoms with Gasteiger partial charge in [0.25, 0.3) is 15.7 Å². The fourth-order valence-electron chi connectivity index (χ4n) is 1.42. The lowest BCUT2D eigenvalue weighted by Crippen LogP contribution is -2.14. The number of anilines is 1. The van der Waals surface area contributed by atoms with E-state index in [2.05, 4.69) is 9.97 Å². The standard InChI is InChI=1S/C10H7ClN4O5S/c11-10-12-4-6(5-13-10)21(19,20)14-9-7(15(17)18)2-1-3-8(9)16/h1-5,14,16H. The van der Waals surface area contributed by atoms with E-state index in [1.54, 1.807) is 0 Å². The third kappa shape index (κ3) is 3.17. The molecule has 2 rings (SSSR count). The minimum absolute atomic E-state index is 0.150. The third-order valence-corrected chi connectivity index (χ3v) is 3.86. The first-order chi connectivity index (χ1) is 9.81. The average molecular weight is 331 g/mol. The van der Waals surface area contributed by atoms with Crippen LogP contribution in [0.5, 0.6) is 5.75 Å². The highest BCUT2D eigenvalue weighted by Crippen LogP contribution is 2.34. The topological polar surface area (TPSA) is 135 Å². The number of aromatic hydroxyl groups is 1. The molecule has 0 aliphatic heterocycles. The number of benzene rings is 1. The summed E-state index contributed by atoms with van der Waals surface area (Å²) in [6, 6.07) is 3.38. The lowest BCUT2D eigenvalue weighted by molar-refractivity contribution is -0.383. The maximum atomic E-state index is 12.1. The largest absolute Gasteiger partial charge is 0.505 e. The SMILES string of the molecule is O=[N+]([O-])c1cccc(O)c1NS(=O)(=O)c1cnc(Cl)nc1. The van der Waals surface area contributed by atoms with Crippen molar-refractivity contribution in [2.24, 2.45) is 0 Å². The van der Waals surface area contributed by atoms with Gasteiger partial charge in [-0.15, -0.1) is 0 Å². The molecule has 1 heterocycles. The summed E-state index contributed by atoms with van der Waals surface area (Å²) in [7, 11) is -4.21. The molecule has 0 unspecified atom stereocenters. The molecule has 0 radical (unpaired) electrons. The van der Waals surface area contributed by atoms with Gasteiger partial charge in [0.2, 0.25) is 5.28 Å². The van der Waals surface area contributed by atoms with Gasteiger partial charge >= 0.3 is 0 Å². The number of nitrogens with one attached hydrogen (secondary N) is 1. The maximum Gasteiger partial charge on any atom is 0.297 e. The number of rotatable bonds is 4. The number of hydrogen-bond acceptors (Lipinski definition) is 7. The molecule has 0 fully saturated rings. The van der Waals surface area contributed by atoms with Crippen molar-refractivity contribution in [2.75, 3.05) is 4.72 Å². The van der Waals surface area contributed by atoms with Crippen LogP contribution in [0.4, 0.5) is 11.4 Å². The number of phenols is 1. The summed E-state index contributed by atoms with van der Waals surface area (Å²) in [6.45, 7) is 0. The van der Waals surface area contributed by atoms with Gasteiger partial charge < -0.3 is 5.11 Å². The van der Waals surface area contributed by atoms with Crippen molar-refractivity contribution in [3.8, 4) is 5.75 Å². The van der Waals surface area contributed by atoms with Gasteiger partial charge in [0, 0.05) is 6.07 Å². The van der Waals surface area contributed by atoms with E-state index < -0.39 is 32.1 Å². The molecule has 0 bridgehead atoms. The second-order valence-electron chi connectivity index (χ2n) is 3.72. The van der Waals surface area contributed by atoms with Crippen LogP contribution < -0.4 is 4.72 Å². The number of halogens is 1. The van der Waals surface area contributed by atoms with Gasteiger partial charge in [-0.05, 0) is 17.7 Å². The van der Waals surface area contributed by atoms with E-state index in [4.69, 9.17) is 11.6 Å². The molecular weight excluding hydrogens is 324 g/mol. The molecule has 0 aliphatic rings. The third-order valence-electron chi connectivity index (χ3n) is 2.36. The summed E-state index contributed by atoms with van der Waals surface area (Å²) < 4.78 is 26.1. The van der Waals surface area contributed by atoms with E-state index in [1.807, 2.05) is 4.72 Å². The van der Waals surface area contributed by atoms with Crippen LogP contribution in [0.25, 0.3) is 0 Å². The molecule has 0 amide bonds. The number of hydrogen-bond donors (Lipinski definition) is 2. The Morgan fingerprint density at radius 1 is 1.29 bits per heavy atom. The van der Waals surface area contributed by atoms with Crippen molar-refractivity contribution in [3.63, 3.8) is 0 Å². The summed E-state index contributed by atoms with van der Waals surface area (Å²) in [5.41, 5.74) is -1.13. The molecule has 1 aromatic heterocycles. The minimum Gasteiger partial charge on any atom is -0.505 e. The number of nitrogens with zero attached hydrogens (tertiary/aromatic N) is 3. The minimum atomic E-state index is -4.21. The Kier molecular flexibility index (Phi) is 3.91. The first kappa shape index (κ1) is 14.9. The first-order valence-corrected chi connectivity index (χ1v) is 7.14. The number of phenolic OH excluding ortho intramolecular Hbond substituents is 1. The Labute approximate surface area is 123 Å². The Morgan fingerprint density at radius 3 is 2.48 bits per heavy atom. The number of sulfonamides is 1. The van der Waals surface area contributed by atoms with Crippen molar-refractivity contribution in [2.45, 2.75) is 4.90 Å². The molecule has 2 aromatic rings. The summed E-state index contributed by atoms with van der Waals surface area (Å²) in [4.78, 5) is 16.7. The fourth-order valence-corrected chi connectivity index (χ4v) is 2.49. The Morgan fingerprint density at radius 2 is 1.90 bits per heavy atom. The van der Waals surface area contributed by atoms with Gasteiger partial charge in [-0.1, -0.05) is 6.07 Å². The van der Waals surface area contributed by atoms with E-state index in [0.717, 1.165) is 24.5 Å². The van der Waals surface area contributed by atoms with Crippen LogP contribution in [0, 0.1) is 10.1 Å². The van der Waals surface area contributed by atoms with Crippen molar-refractivity contribution < 1.29 is 18.4 Å². The van der Waals surface area contributed by atoms with Crippen molar-refractivity contribution in [3.05, 3.63) is 46.0 Å². The van der Waals surface area contributed by atoms with Crippen LogP contribution in [0.2, 0.25) is 5.28 Å². The fraction of sp³-hybridized carbons (Fsp3) is 0. The molecule has 0 aliphatic carbocycles. The summed E-state index contributed by atoms with van der Waals surface area (Å²) in [5, 5.41) is 20.3. The molecule has 0 saturated heterocycles. The number of aromatic nitrogens is 2. The quantitative estimate of drug-likeness (QED) is 0.375. The van der Waals surface area contributed by atoms with E-state index in [-0.39, 0.29) is 10.2 Å². The van der Waals surface area contributed by atoms with Crippen LogP contribution in [0.1, 0.15) is 0 Å². The van der Waals surface area contributed by atoms with Crippen molar-refractivity contribution >= 4 is 33.0 Å². The molecular formula is C10H7ClN4O5S. The summed E-state index contributed by atoms with van der Waals surface area (Å²) in [6.07, 6.45) is 1.87. The Hall–Kier alpha value is -2.46. The molecule has 0 saturated carbocycles. The van der Waals surface area contributed by atoms with E-state index in [0.29, 0.717) is 0 Å². The van der Waals surface area contributed by atoms with Gasteiger partial charge in [-0.3, -0.25) is 14.8 Å².